The lowest BCUT2D eigenvalue weighted by atomic mass is 9.71. The van der Waals surface area contributed by atoms with Crippen LogP contribution < -0.4 is 0 Å². The van der Waals surface area contributed by atoms with E-state index in [1.807, 2.05) is 60.7 Å². The van der Waals surface area contributed by atoms with Crippen LogP contribution >= 0.6 is 11.6 Å². The summed E-state index contributed by atoms with van der Waals surface area (Å²) in [5.41, 5.74) is 1.33. The number of nitrogens with zero attached hydrogens (tertiary/aromatic N) is 1. The van der Waals surface area contributed by atoms with Crippen LogP contribution in [0.25, 0.3) is 0 Å². The van der Waals surface area contributed by atoms with Crippen LogP contribution in [0.2, 0.25) is 0 Å². The Morgan fingerprint density at radius 2 is 1.67 bits per heavy atom. The summed E-state index contributed by atoms with van der Waals surface area (Å²) in [4.78, 5) is 13.9. The van der Waals surface area contributed by atoms with E-state index in [1.165, 1.54) is 0 Å². The van der Waals surface area contributed by atoms with Crippen molar-refractivity contribution in [3.63, 3.8) is 0 Å². The highest BCUT2D eigenvalue weighted by molar-refractivity contribution is 6.27. The molecule has 0 bridgehead atoms. The number of benzene rings is 2. The van der Waals surface area contributed by atoms with Gasteiger partial charge in [0.1, 0.15) is 5.88 Å². The minimum absolute atomic E-state index is 0.0769. The molecule has 0 saturated heterocycles. The van der Waals surface area contributed by atoms with Crippen LogP contribution in [0.3, 0.4) is 0 Å². The molecule has 0 spiro atoms. The predicted molar refractivity (Wildman–Crippen MR) is 106 cm³/mol. The third kappa shape index (κ3) is 5.80. The van der Waals surface area contributed by atoms with Gasteiger partial charge in [0.2, 0.25) is 5.91 Å². The van der Waals surface area contributed by atoms with Crippen LogP contribution in [0, 0.1) is 5.92 Å². The maximum atomic E-state index is 12.2. The lowest BCUT2D eigenvalue weighted by Gasteiger charge is -2.46. The summed E-state index contributed by atoms with van der Waals surface area (Å²) < 4.78 is 5.77. The summed E-state index contributed by atoms with van der Waals surface area (Å²) in [6.45, 7) is 1.98. The molecule has 1 N–H and O–H groups in total. The molecule has 0 radical (unpaired) electrons. The Balaban J connectivity index is 1.46. The number of aliphatic hydroxyl groups is 1. The fourth-order valence-corrected chi connectivity index (χ4v) is 3.82. The summed E-state index contributed by atoms with van der Waals surface area (Å²) in [5.74, 6) is 0.0908. The van der Waals surface area contributed by atoms with E-state index >= 15 is 0 Å². The van der Waals surface area contributed by atoms with Gasteiger partial charge in [-0.25, -0.2) is 0 Å². The van der Waals surface area contributed by atoms with E-state index in [4.69, 9.17) is 16.3 Å². The largest absolute Gasteiger partial charge is 0.388 e. The lowest BCUT2D eigenvalue weighted by Crippen LogP contribution is -2.54. The molecular weight excluding hydrogens is 362 g/mol. The van der Waals surface area contributed by atoms with Crippen molar-refractivity contribution in [2.45, 2.75) is 31.6 Å². The monoisotopic (exact) mass is 387 g/mol. The number of amides is 1. The molecule has 144 valence electrons. The maximum Gasteiger partial charge on any atom is 0.237 e. The SMILES string of the molecule is O=C(CCl)N(Cc1ccccc1)CC1(O)CC(COCc2ccccc2)C1. The predicted octanol–water partition coefficient (Wildman–Crippen LogP) is 3.61. The normalized spacial score (nSPS) is 21.5. The molecule has 0 aliphatic heterocycles. The molecule has 0 unspecified atom stereocenters. The summed E-state index contributed by atoms with van der Waals surface area (Å²) in [6.07, 6.45) is 1.28. The van der Waals surface area contributed by atoms with Crippen molar-refractivity contribution in [2.75, 3.05) is 19.0 Å². The molecule has 2 aromatic carbocycles. The van der Waals surface area contributed by atoms with Gasteiger partial charge in [-0.2, -0.15) is 0 Å². The topological polar surface area (TPSA) is 49.8 Å². The molecule has 1 aliphatic rings. The minimum Gasteiger partial charge on any atom is -0.388 e. The highest BCUT2D eigenvalue weighted by Crippen LogP contribution is 2.39. The maximum absolute atomic E-state index is 12.2. The van der Waals surface area contributed by atoms with Crippen molar-refractivity contribution in [1.29, 1.82) is 0 Å². The molecule has 1 aliphatic carbocycles. The molecular formula is C22H26ClNO3. The number of alkyl halides is 1. The number of carbonyl (C=O) groups excluding carboxylic acids is 1. The molecule has 2 aromatic rings. The number of hydrogen-bond donors (Lipinski definition) is 1. The molecule has 27 heavy (non-hydrogen) atoms. The second-order valence-electron chi connectivity index (χ2n) is 7.37. The van der Waals surface area contributed by atoms with E-state index < -0.39 is 5.60 Å². The van der Waals surface area contributed by atoms with E-state index in [0.717, 1.165) is 11.1 Å². The first-order valence-corrected chi connectivity index (χ1v) is 9.83. The Hall–Kier alpha value is -1.88. The molecule has 1 saturated carbocycles. The molecule has 3 rings (SSSR count). The number of rotatable bonds is 9. The molecule has 4 nitrogen and oxygen atoms in total. The van der Waals surface area contributed by atoms with Gasteiger partial charge in [0.25, 0.3) is 0 Å². The van der Waals surface area contributed by atoms with Gasteiger partial charge in [-0.1, -0.05) is 60.7 Å². The standard InChI is InChI=1S/C22H26ClNO3/c23-13-21(25)24(14-18-7-3-1-4-8-18)17-22(26)11-20(12-22)16-27-15-19-9-5-2-6-10-19/h1-10,20,26H,11-17H2. The van der Waals surface area contributed by atoms with Crippen LogP contribution in [0.1, 0.15) is 24.0 Å². The van der Waals surface area contributed by atoms with Crippen LogP contribution in [0.15, 0.2) is 60.7 Å². The van der Waals surface area contributed by atoms with Gasteiger partial charge in [0, 0.05) is 13.1 Å². The average Bonchev–Trinajstić information content (AvgIpc) is 2.67. The molecule has 1 fully saturated rings. The van der Waals surface area contributed by atoms with E-state index in [9.17, 15) is 9.90 Å². The van der Waals surface area contributed by atoms with Gasteiger partial charge in [-0.05, 0) is 29.9 Å². The zero-order valence-corrected chi connectivity index (χ0v) is 16.1. The lowest BCUT2D eigenvalue weighted by molar-refractivity contribution is -0.144. The van der Waals surface area contributed by atoms with Crippen LogP contribution in [0.5, 0.6) is 0 Å². The Kier molecular flexibility index (Phi) is 6.89. The Morgan fingerprint density at radius 1 is 1.07 bits per heavy atom. The molecule has 1 amide bonds. The van der Waals surface area contributed by atoms with Crippen LogP contribution in [0.4, 0.5) is 0 Å². The molecule has 0 aromatic heterocycles. The Morgan fingerprint density at radius 3 is 2.26 bits per heavy atom. The summed E-state index contributed by atoms with van der Waals surface area (Å²) in [6, 6.07) is 19.8. The molecule has 0 heterocycles. The fourth-order valence-electron chi connectivity index (χ4n) is 3.66. The first-order chi connectivity index (χ1) is 13.1. The quantitative estimate of drug-likeness (QED) is 0.668. The first-order valence-electron chi connectivity index (χ1n) is 9.30. The summed E-state index contributed by atoms with van der Waals surface area (Å²) in [7, 11) is 0. The molecule has 0 atom stereocenters. The van der Waals surface area contributed by atoms with Gasteiger partial charge in [0.15, 0.2) is 0 Å². The van der Waals surface area contributed by atoms with Crippen LogP contribution in [-0.4, -0.2) is 40.5 Å². The smallest absolute Gasteiger partial charge is 0.237 e. The van der Waals surface area contributed by atoms with Gasteiger partial charge >= 0.3 is 0 Å². The third-order valence-corrected chi connectivity index (χ3v) is 5.20. The van der Waals surface area contributed by atoms with E-state index in [2.05, 4.69) is 0 Å². The first kappa shape index (κ1) is 19.9. The van der Waals surface area contributed by atoms with E-state index in [-0.39, 0.29) is 11.8 Å². The van der Waals surface area contributed by atoms with E-state index in [1.54, 1.807) is 4.90 Å². The van der Waals surface area contributed by atoms with Gasteiger partial charge in [0.05, 0.1) is 18.8 Å². The number of carbonyl (C=O) groups is 1. The third-order valence-electron chi connectivity index (χ3n) is 4.97. The Labute approximate surface area is 165 Å². The zero-order chi connectivity index (χ0) is 19.1. The minimum atomic E-state index is -0.850. The number of hydrogen-bond acceptors (Lipinski definition) is 3. The van der Waals surface area contributed by atoms with Crippen molar-refractivity contribution in [2.24, 2.45) is 5.92 Å². The van der Waals surface area contributed by atoms with Crippen molar-refractivity contribution >= 4 is 17.5 Å². The van der Waals surface area contributed by atoms with Crippen molar-refractivity contribution < 1.29 is 14.6 Å². The number of halogens is 1. The van der Waals surface area contributed by atoms with Crippen molar-refractivity contribution in [1.82, 2.24) is 4.90 Å². The average molecular weight is 388 g/mol. The van der Waals surface area contributed by atoms with Gasteiger partial charge < -0.3 is 14.7 Å². The second-order valence-corrected chi connectivity index (χ2v) is 7.64. The molecule has 5 heteroatoms. The zero-order valence-electron chi connectivity index (χ0n) is 15.4. The highest BCUT2D eigenvalue weighted by atomic mass is 35.5. The summed E-state index contributed by atoms with van der Waals surface area (Å²) in [5, 5.41) is 10.8. The highest BCUT2D eigenvalue weighted by Gasteiger charge is 2.44. The van der Waals surface area contributed by atoms with Gasteiger partial charge in [-0.3, -0.25) is 4.79 Å². The second kappa shape index (κ2) is 9.36. The van der Waals surface area contributed by atoms with Crippen molar-refractivity contribution in [3.05, 3.63) is 71.8 Å². The van der Waals surface area contributed by atoms with Crippen LogP contribution in [-0.2, 0) is 22.7 Å². The fraction of sp³-hybridized carbons (Fsp3) is 0.409. The van der Waals surface area contributed by atoms with Crippen molar-refractivity contribution in [3.8, 4) is 0 Å². The number of ether oxygens (including phenoxy) is 1. The summed E-state index contributed by atoms with van der Waals surface area (Å²) >= 11 is 5.77. The Bertz CT molecular complexity index is 717. The van der Waals surface area contributed by atoms with E-state index in [0.29, 0.717) is 45.1 Å². The van der Waals surface area contributed by atoms with Gasteiger partial charge in [-0.15, -0.1) is 11.6 Å².